The van der Waals surface area contributed by atoms with Crippen LogP contribution in [0, 0.1) is 13.8 Å². The lowest BCUT2D eigenvalue weighted by Crippen LogP contribution is -2.27. The number of aryl methyl sites for hydroxylation is 3. The van der Waals surface area contributed by atoms with Gasteiger partial charge in [-0.3, -0.25) is 9.59 Å². The summed E-state index contributed by atoms with van der Waals surface area (Å²) in [6.45, 7) is 7.36. The monoisotopic (exact) mass is 444 g/mol. The fraction of sp³-hybridized carbons (Fsp3) is 0.269. The van der Waals surface area contributed by atoms with Gasteiger partial charge in [-0.1, -0.05) is 24.3 Å². The number of fused-ring (bicyclic) bond motifs is 1. The Labute approximate surface area is 192 Å². The Morgan fingerprint density at radius 1 is 1.06 bits per heavy atom. The molecule has 0 atom stereocenters. The van der Waals surface area contributed by atoms with Crippen LogP contribution in [0.25, 0.3) is 16.8 Å². The zero-order valence-electron chi connectivity index (χ0n) is 19.2. The number of hydrogen-bond donors (Lipinski definition) is 1. The molecule has 0 bridgehead atoms. The number of amides is 1. The molecule has 0 unspecified atom stereocenters. The number of carbonyl (C=O) groups is 1. The summed E-state index contributed by atoms with van der Waals surface area (Å²) in [6.07, 6.45) is 3.63. The Morgan fingerprint density at radius 3 is 2.70 bits per heavy atom. The molecule has 2 aromatic heterocycles. The van der Waals surface area contributed by atoms with Gasteiger partial charge in [-0.15, -0.1) is 0 Å². The summed E-state index contributed by atoms with van der Waals surface area (Å²) in [6, 6.07) is 15.6. The standard InChI is InChI=1S/C26H28N4O3/c1-4-33-22-7-5-6-20(15-22)17-27-25(31)10-11-29-12-13-30-24(26(29)32)16-23(28-30)21-9-8-18(2)19(3)14-21/h5-9,12-16H,4,10-11,17H2,1-3H3,(H,27,31). The maximum absolute atomic E-state index is 12.9. The van der Waals surface area contributed by atoms with Crippen LogP contribution < -0.4 is 15.6 Å². The Morgan fingerprint density at radius 2 is 1.91 bits per heavy atom. The molecule has 2 aromatic carbocycles. The van der Waals surface area contributed by atoms with E-state index in [1.165, 1.54) is 11.1 Å². The van der Waals surface area contributed by atoms with E-state index in [0.29, 0.717) is 25.2 Å². The quantitative estimate of drug-likeness (QED) is 0.447. The van der Waals surface area contributed by atoms with Gasteiger partial charge in [0.2, 0.25) is 5.91 Å². The van der Waals surface area contributed by atoms with Crippen LogP contribution in [-0.2, 0) is 17.9 Å². The van der Waals surface area contributed by atoms with E-state index >= 15 is 0 Å². The lowest BCUT2D eigenvalue weighted by atomic mass is 10.0. The van der Waals surface area contributed by atoms with E-state index in [0.717, 1.165) is 22.6 Å². The second-order valence-electron chi connectivity index (χ2n) is 8.06. The predicted octanol–water partition coefficient (Wildman–Crippen LogP) is 3.89. The van der Waals surface area contributed by atoms with E-state index in [-0.39, 0.29) is 17.9 Å². The minimum Gasteiger partial charge on any atom is -0.494 e. The number of ether oxygens (including phenoxy) is 1. The number of nitrogens with one attached hydrogen (secondary N) is 1. The summed E-state index contributed by atoms with van der Waals surface area (Å²) in [5.41, 5.74) is 5.39. The Bertz CT molecular complexity index is 1350. The third-order valence-corrected chi connectivity index (χ3v) is 5.69. The Balaban J connectivity index is 1.42. The van der Waals surface area contributed by atoms with E-state index in [9.17, 15) is 9.59 Å². The van der Waals surface area contributed by atoms with Crippen LogP contribution in [-0.4, -0.2) is 26.7 Å². The van der Waals surface area contributed by atoms with Crippen molar-refractivity contribution < 1.29 is 9.53 Å². The molecule has 0 fully saturated rings. The number of nitrogens with zero attached hydrogens (tertiary/aromatic N) is 3. The van der Waals surface area contributed by atoms with Crippen molar-refractivity contribution in [1.82, 2.24) is 19.5 Å². The highest BCUT2D eigenvalue weighted by Crippen LogP contribution is 2.21. The van der Waals surface area contributed by atoms with Gasteiger partial charge in [-0.2, -0.15) is 5.10 Å². The molecule has 0 radical (unpaired) electrons. The lowest BCUT2D eigenvalue weighted by Gasteiger charge is -2.09. The third kappa shape index (κ3) is 5.14. The van der Waals surface area contributed by atoms with E-state index < -0.39 is 0 Å². The highest BCUT2D eigenvalue weighted by atomic mass is 16.5. The van der Waals surface area contributed by atoms with Crippen LogP contribution in [0.3, 0.4) is 0 Å². The highest BCUT2D eigenvalue weighted by molar-refractivity contribution is 5.75. The van der Waals surface area contributed by atoms with Gasteiger partial charge < -0.3 is 14.6 Å². The number of aromatic nitrogens is 3. The molecule has 0 spiro atoms. The van der Waals surface area contributed by atoms with Gasteiger partial charge in [0.05, 0.1) is 12.3 Å². The first-order valence-corrected chi connectivity index (χ1v) is 11.1. The molecule has 0 aliphatic carbocycles. The summed E-state index contributed by atoms with van der Waals surface area (Å²) in [5, 5.41) is 7.45. The fourth-order valence-electron chi connectivity index (χ4n) is 3.67. The second kappa shape index (κ2) is 9.73. The van der Waals surface area contributed by atoms with Crippen molar-refractivity contribution in [3.05, 3.63) is 88.0 Å². The van der Waals surface area contributed by atoms with Gasteiger partial charge >= 0.3 is 0 Å². The summed E-state index contributed by atoms with van der Waals surface area (Å²) in [7, 11) is 0. The molecule has 33 heavy (non-hydrogen) atoms. The van der Waals surface area contributed by atoms with Gasteiger partial charge in [0, 0.05) is 37.5 Å². The van der Waals surface area contributed by atoms with E-state index in [1.54, 1.807) is 27.5 Å². The first-order valence-electron chi connectivity index (χ1n) is 11.1. The first kappa shape index (κ1) is 22.3. The Hall–Kier alpha value is -3.87. The largest absolute Gasteiger partial charge is 0.494 e. The van der Waals surface area contributed by atoms with Crippen LogP contribution in [0.5, 0.6) is 5.75 Å². The second-order valence-corrected chi connectivity index (χ2v) is 8.06. The normalized spacial score (nSPS) is 11.0. The Kier molecular flexibility index (Phi) is 6.58. The average molecular weight is 445 g/mol. The minimum absolute atomic E-state index is 0.118. The summed E-state index contributed by atoms with van der Waals surface area (Å²) < 4.78 is 8.63. The smallest absolute Gasteiger partial charge is 0.276 e. The summed E-state index contributed by atoms with van der Waals surface area (Å²) >= 11 is 0. The van der Waals surface area contributed by atoms with Crippen LogP contribution in [0.4, 0.5) is 0 Å². The lowest BCUT2D eigenvalue weighted by molar-refractivity contribution is -0.121. The minimum atomic E-state index is -0.169. The highest BCUT2D eigenvalue weighted by Gasteiger charge is 2.11. The molecule has 0 saturated carbocycles. The fourth-order valence-corrected chi connectivity index (χ4v) is 3.67. The topological polar surface area (TPSA) is 77.6 Å². The molecular weight excluding hydrogens is 416 g/mol. The molecule has 4 aromatic rings. The van der Waals surface area contributed by atoms with E-state index in [2.05, 4.69) is 36.4 Å². The van der Waals surface area contributed by atoms with Crippen molar-refractivity contribution >= 4 is 11.4 Å². The van der Waals surface area contributed by atoms with Crippen molar-refractivity contribution in [2.24, 2.45) is 0 Å². The predicted molar refractivity (Wildman–Crippen MR) is 128 cm³/mol. The van der Waals surface area contributed by atoms with Crippen LogP contribution in [0.1, 0.15) is 30.0 Å². The summed E-state index contributed by atoms with van der Waals surface area (Å²) in [5.74, 6) is 0.665. The van der Waals surface area contributed by atoms with Crippen molar-refractivity contribution in [1.29, 1.82) is 0 Å². The molecule has 0 aliphatic heterocycles. The van der Waals surface area contributed by atoms with Crippen LogP contribution in [0.2, 0.25) is 0 Å². The maximum Gasteiger partial charge on any atom is 0.276 e. The zero-order chi connectivity index (χ0) is 23.4. The van der Waals surface area contributed by atoms with Crippen molar-refractivity contribution in [2.45, 2.75) is 40.3 Å². The van der Waals surface area contributed by atoms with Crippen molar-refractivity contribution in [3.63, 3.8) is 0 Å². The van der Waals surface area contributed by atoms with Crippen LogP contribution >= 0.6 is 0 Å². The number of rotatable bonds is 8. The van der Waals surface area contributed by atoms with Crippen LogP contribution in [0.15, 0.2) is 65.7 Å². The van der Waals surface area contributed by atoms with Gasteiger partial charge in [0.25, 0.3) is 5.56 Å². The molecule has 170 valence electrons. The first-order chi connectivity index (χ1) is 15.9. The molecular formula is C26H28N4O3. The number of hydrogen-bond acceptors (Lipinski definition) is 4. The van der Waals surface area contributed by atoms with Gasteiger partial charge in [0.1, 0.15) is 11.3 Å². The average Bonchev–Trinajstić information content (AvgIpc) is 3.25. The van der Waals surface area contributed by atoms with Gasteiger partial charge in [-0.25, -0.2) is 4.52 Å². The van der Waals surface area contributed by atoms with Crippen molar-refractivity contribution in [2.75, 3.05) is 6.61 Å². The van der Waals surface area contributed by atoms with E-state index in [1.807, 2.05) is 37.3 Å². The van der Waals surface area contributed by atoms with Crippen molar-refractivity contribution in [3.8, 4) is 17.0 Å². The molecule has 1 N–H and O–H groups in total. The van der Waals surface area contributed by atoms with E-state index in [4.69, 9.17) is 4.74 Å². The summed E-state index contributed by atoms with van der Waals surface area (Å²) in [4.78, 5) is 25.3. The molecule has 4 rings (SSSR count). The zero-order valence-corrected chi connectivity index (χ0v) is 19.2. The number of benzene rings is 2. The molecule has 7 heteroatoms. The maximum atomic E-state index is 12.9. The molecule has 1 amide bonds. The molecule has 2 heterocycles. The van der Waals surface area contributed by atoms with Gasteiger partial charge in [0.15, 0.2) is 0 Å². The third-order valence-electron chi connectivity index (χ3n) is 5.69. The molecule has 7 nitrogen and oxygen atoms in total. The SMILES string of the molecule is CCOc1cccc(CNC(=O)CCn2ccn3nc(-c4ccc(C)c(C)c4)cc3c2=O)c1. The van der Waals surface area contributed by atoms with Gasteiger partial charge in [-0.05, 0) is 61.7 Å². The molecule has 0 aliphatic rings. The number of carbonyl (C=O) groups excluding carboxylic acids is 1. The molecule has 0 saturated heterocycles.